The van der Waals surface area contributed by atoms with Crippen molar-refractivity contribution in [1.29, 1.82) is 5.26 Å². The molecule has 0 aliphatic rings. The molecular formula is C18H14N2O2. The van der Waals surface area contributed by atoms with Crippen molar-refractivity contribution in [2.24, 2.45) is 0 Å². The lowest BCUT2D eigenvalue weighted by Gasteiger charge is -2.02. The number of allylic oxidation sites excluding steroid dienone is 3. The number of benzene rings is 1. The maximum absolute atomic E-state index is 10.3. The van der Waals surface area contributed by atoms with Crippen LogP contribution in [0.15, 0.2) is 66.9 Å². The van der Waals surface area contributed by atoms with Crippen molar-refractivity contribution in [3.8, 4) is 17.2 Å². The van der Waals surface area contributed by atoms with Crippen molar-refractivity contribution in [3.63, 3.8) is 0 Å². The number of carbonyl (C=O) groups is 1. The van der Waals surface area contributed by atoms with E-state index in [0.29, 0.717) is 12.0 Å². The van der Waals surface area contributed by atoms with E-state index in [2.05, 4.69) is 11.1 Å². The zero-order valence-corrected chi connectivity index (χ0v) is 11.8. The molecule has 0 saturated carbocycles. The molecule has 0 unspecified atom stereocenters. The van der Waals surface area contributed by atoms with Gasteiger partial charge in [-0.15, -0.1) is 0 Å². The quantitative estimate of drug-likeness (QED) is 0.677. The van der Waals surface area contributed by atoms with E-state index in [1.165, 1.54) is 6.08 Å². The smallest absolute Gasteiger partial charge is 0.328 e. The lowest BCUT2D eigenvalue weighted by atomic mass is 10.1. The Bertz CT molecular complexity index is 736. The highest BCUT2D eigenvalue weighted by atomic mass is 16.4. The normalized spacial score (nSPS) is 10.9. The third kappa shape index (κ3) is 4.43. The molecule has 1 aromatic heterocycles. The molecule has 0 fully saturated rings. The monoisotopic (exact) mass is 290 g/mol. The second-order valence-electron chi connectivity index (χ2n) is 4.56. The molecule has 0 bridgehead atoms. The van der Waals surface area contributed by atoms with E-state index in [-0.39, 0.29) is 0 Å². The van der Waals surface area contributed by atoms with Gasteiger partial charge in [0.25, 0.3) is 0 Å². The molecule has 2 aromatic rings. The Balaban J connectivity index is 2.00. The Hall–Kier alpha value is -3.19. The molecular weight excluding hydrogens is 276 g/mol. The highest BCUT2D eigenvalue weighted by molar-refractivity contribution is 5.80. The standard InChI is InChI=1S/C18H14N2O2/c19-12-14-6-8-15(9-7-14)16-10-11-17(20-13-16)4-2-1-3-5-18(21)22/h1-3,5-11,13H,4H2,(H,21,22). The van der Waals surface area contributed by atoms with Crippen molar-refractivity contribution < 1.29 is 9.90 Å². The van der Waals surface area contributed by atoms with Crippen LogP contribution in [0, 0.1) is 11.3 Å². The van der Waals surface area contributed by atoms with Crippen molar-refractivity contribution in [1.82, 2.24) is 4.98 Å². The molecule has 0 atom stereocenters. The first-order valence-electron chi connectivity index (χ1n) is 6.70. The number of carboxylic acids is 1. The molecule has 0 amide bonds. The number of pyridine rings is 1. The highest BCUT2D eigenvalue weighted by Gasteiger charge is 1.99. The summed E-state index contributed by atoms with van der Waals surface area (Å²) in [5.41, 5.74) is 3.53. The van der Waals surface area contributed by atoms with Gasteiger partial charge in [-0.05, 0) is 23.8 Å². The van der Waals surface area contributed by atoms with Gasteiger partial charge in [0.2, 0.25) is 0 Å². The lowest BCUT2D eigenvalue weighted by Crippen LogP contribution is -1.88. The van der Waals surface area contributed by atoms with Gasteiger partial charge in [0, 0.05) is 30.0 Å². The Kier molecular flexibility index (Phi) is 5.22. The summed E-state index contributed by atoms with van der Waals surface area (Å²) in [5, 5.41) is 17.2. The molecule has 108 valence electrons. The van der Waals surface area contributed by atoms with Gasteiger partial charge in [0.15, 0.2) is 0 Å². The molecule has 2 rings (SSSR count). The summed E-state index contributed by atoms with van der Waals surface area (Å²) in [6.07, 6.45) is 8.52. The van der Waals surface area contributed by atoms with Gasteiger partial charge in [-0.3, -0.25) is 4.98 Å². The summed E-state index contributed by atoms with van der Waals surface area (Å²) < 4.78 is 0. The summed E-state index contributed by atoms with van der Waals surface area (Å²) in [7, 11) is 0. The second kappa shape index (κ2) is 7.55. The van der Waals surface area contributed by atoms with Gasteiger partial charge in [0.05, 0.1) is 11.6 Å². The molecule has 1 heterocycles. The van der Waals surface area contributed by atoms with Crippen LogP contribution in [0.25, 0.3) is 11.1 Å². The summed E-state index contributed by atoms with van der Waals surface area (Å²) >= 11 is 0. The van der Waals surface area contributed by atoms with Gasteiger partial charge in [-0.25, -0.2) is 4.79 Å². The fourth-order valence-electron chi connectivity index (χ4n) is 1.86. The van der Waals surface area contributed by atoms with Gasteiger partial charge >= 0.3 is 5.97 Å². The third-order valence-electron chi connectivity index (χ3n) is 2.99. The van der Waals surface area contributed by atoms with Gasteiger partial charge < -0.3 is 5.11 Å². The van der Waals surface area contributed by atoms with Gasteiger partial charge in [-0.2, -0.15) is 5.26 Å². The van der Waals surface area contributed by atoms with Gasteiger partial charge in [0.1, 0.15) is 0 Å². The zero-order chi connectivity index (χ0) is 15.8. The topological polar surface area (TPSA) is 74.0 Å². The van der Waals surface area contributed by atoms with Crippen LogP contribution in [-0.2, 0) is 11.2 Å². The Labute approximate surface area is 128 Å². The van der Waals surface area contributed by atoms with Crippen molar-refractivity contribution >= 4 is 5.97 Å². The molecule has 0 spiro atoms. The average Bonchev–Trinajstić information content (AvgIpc) is 2.55. The zero-order valence-electron chi connectivity index (χ0n) is 11.8. The van der Waals surface area contributed by atoms with Crippen molar-refractivity contribution in [2.45, 2.75) is 6.42 Å². The van der Waals surface area contributed by atoms with Crippen LogP contribution in [0.1, 0.15) is 11.3 Å². The highest BCUT2D eigenvalue weighted by Crippen LogP contribution is 2.19. The SMILES string of the molecule is N#Cc1ccc(-c2ccc(CC=CC=CC(=O)O)nc2)cc1. The molecule has 1 aromatic carbocycles. The van der Waals surface area contributed by atoms with Crippen molar-refractivity contribution in [3.05, 3.63) is 78.2 Å². The van der Waals surface area contributed by atoms with Crippen LogP contribution in [0.4, 0.5) is 0 Å². The molecule has 0 radical (unpaired) electrons. The number of nitrogens with zero attached hydrogens (tertiary/aromatic N) is 2. The maximum atomic E-state index is 10.3. The van der Waals surface area contributed by atoms with E-state index < -0.39 is 5.97 Å². The number of aromatic nitrogens is 1. The maximum Gasteiger partial charge on any atom is 0.328 e. The van der Waals surface area contributed by atoms with Crippen LogP contribution in [0.3, 0.4) is 0 Å². The largest absolute Gasteiger partial charge is 0.478 e. The predicted octanol–water partition coefficient (Wildman–Crippen LogP) is 3.36. The third-order valence-corrected chi connectivity index (χ3v) is 2.99. The van der Waals surface area contributed by atoms with E-state index in [1.54, 1.807) is 24.4 Å². The van der Waals surface area contributed by atoms with Crippen molar-refractivity contribution in [2.75, 3.05) is 0 Å². The average molecular weight is 290 g/mol. The van der Waals surface area contributed by atoms with E-state index in [4.69, 9.17) is 10.4 Å². The van der Waals surface area contributed by atoms with Crippen LogP contribution >= 0.6 is 0 Å². The number of hydrogen-bond donors (Lipinski definition) is 1. The number of rotatable bonds is 5. The van der Waals surface area contributed by atoms with Crippen LogP contribution in [-0.4, -0.2) is 16.1 Å². The fourth-order valence-corrected chi connectivity index (χ4v) is 1.86. The summed E-state index contributed by atoms with van der Waals surface area (Å²) in [4.78, 5) is 14.7. The molecule has 4 nitrogen and oxygen atoms in total. The Morgan fingerprint density at radius 2 is 1.86 bits per heavy atom. The Morgan fingerprint density at radius 1 is 1.14 bits per heavy atom. The van der Waals surface area contributed by atoms with E-state index in [1.807, 2.05) is 30.3 Å². The Morgan fingerprint density at radius 3 is 2.45 bits per heavy atom. The first kappa shape index (κ1) is 15.2. The van der Waals surface area contributed by atoms with Crippen LogP contribution in [0.5, 0.6) is 0 Å². The first-order chi connectivity index (χ1) is 10.7. The second-order valence-corrected chi connectivity index (χ2v) is 4.56. The number of nitriles is 1. The molecule has 22 heavy (non-hydrogen) atoms. The number of carboxylic acid groups (broad SMARTS) is 1. The first-order valence-corrected chi connectivity index (χ1v) is 6.70. The van der Waals surface area contributed by atoms with E-state index in [9.17, 15) is 4.79 Å². The minimum absolute atomic E-state index is 0.632. The predicted molar refractivity (Wildman–Crippen MR) is 84.0 cm³/mol. The van der Waals surface area contributed by atoms with E-state index in [0.717, 1.165) is 22.9 Å². The molecule has 0 aliphatic heterocycles. The molecule has 0 saturated heterocycles. The molecule has 4 heteroatoms. The molecule has 0 aliphatic carbocycles. The minimum Gasteiger partial charge on any atom is -0.478 e. The minimum atomic E-state index is -0.963. The number of aliphatic carboxylic acids is 1. The fraction of sp³-hybridized carbons (Fsp3) is 0.0556. The van der Waals surface area contributed by atoms with Gasteiger partial charge in [-0.1, -0.05) is 36.4 Å². The summed E-state index contributed by atoms with van der Waals surface area (Å²) in [6.45, 7) is 0. The summed E-state index contributed by atoms with van der Waals surface area (Å²) in [5.74, 6) is -0.963. The van der Waals surface area contributed by atoms with E-state index >= 15 is 0 Å². The lowest BCUT2D eigenvalue weighted by molar-refractivity contribution is -0.131. The summed E-state index contributed by atoms with van der Waals surface area (Å²) in [6, 6.07) is 13.3. The van der Waals surface area contributed by atoms with Crippen LogP contribution < -0.4 is 0 Å². The number of hydrogen-bond acceptors (Lipinski definition) is 3. The molecule has 1 N–H and O–H groups in total. The van der Waals surface area contributed by atoms with Crippen LogP contribution in [0.2, 0.25) is 0 Å².